The second kappa shape index (κ2) is 8.71. The average Bonchev–Trinajstić information content (AvgIpc) is 3.27. The van der Waals surface area contributed by atoms with Gasteiger partial charge >= 0.3 is 0 Å². The molecule has 0 aliphatic rings. The van der Waals surface area contributed by atoms with Gasteiger partial charge in [0, 0.05) is 19.0 Å². The molecule has 4 rings (SSSR count). The van der Waals surface area contributed by atoms with Crippen LogP contribution in [0.1, 0.15) is 25.5 Å². The number of rotatable bonds is 6. The van der Waals surface area contributed by atoms with Crippen LogP contribution >= 0.6 is 11.3 Å². The molecule has 154 valence electrons. The lowest BCUT2D eigenvalue weighted by molar-refractivity contribution is 0.623. The first-order chi connectivity index (χ1) is 14.6. The highest BCUT2D eigenvalue weighted by atomic mass is 32.1. The Balaban J connectivity index is 1.89. The molecule has 0 bridgehead atoms. The van der Waals surface area contributed by atoms with Gasteiger partial charge in [-0.05, 0) is 31.0 Å². The number of para-hydroxylation sites is 1. The molecule has 0 N–H and O–H groups in total. The standard InChI is InChI=1S/C24H26N4OS/c1-4-5-16-27-21(19-12-8-6-9-13-19)17-30-24(27)25-22-18(2)26(3)28(23(22)29)20-14-10-7-11-15-20/h6-15,17H,4-5,16H2,1-3H3. The zero-order valence-corrected chi connectivity index (χ0v) is 18.4. The predicted molar refractivity (Wildman–Crippen MR) is 124 cm³/mol. The van der Waals surface area contributed by atoms with E-state index >= 15 is 0 Å². The Morgan fingerprint density at radius 2 is 1.67 bits per heavy atom. The molecule has 2 heterocycles. The SMILES string of the molecule is CCCCn1c(-c2ccccc2)csc1=Nc1c(C)n(C)n(-c2ccccc2)c1=O. The van der Waals surface area contributed by atoms with E-state index in [9.17, 15) is 4.79 Å². The first kappa shape index (κ1) is 20.2. The van der Waals surface area contributed by atoms with Crippen LogP contribution in [-0.2, 0) is 13.6 Å². The molecule has 0 radical (unpaired) electrons. The first-order valence-electron chi connectivity index (χ1n) is 10.2. The van der Waals surface area contributed by atoms with E-state index in [2.05, 4.69) is 29.0 Å². The lowest BCUT2D eigenvalue weighted by Crippen LogP contribution is -2.20. The van der Waals surface area contributed by atoms with E-state index in [4.69, 9.17) is 4.99 Å². The summed E-state index contributed by atoms with van der Waals surface area (Å²) in [6.07, 6.45) is 2.16. The van der Waals surface area contributed by atoms with Crippen molar-refractivity contribution in [1.82, 2.24) is 13.9 Å². The Labute approximate surface area is 180 Å². The maximum absolute atomic E-state index is 13.3. The maximum Gasteiger partial charge on any atom is 0.297 e. The van der Waals surface area contributed by atoms with E-state index in [0.29, 0.717) is 5.69 Å². The minimum absolute atomic E-state index is 0.0992. The van der Waals surface area contributed by atoms with E-state index in [1.807, 2.05) is 67.2 Å². The van der Waals surface area contributed by atoms with Gasteiger partial charge in [-0.15, -0.1) is 11.3 Å². The van der Waals surface area contributed by atoms with Gasteiger partial charge in [-0.25, -0.2) is 9.67 Å². The average molecular weight is 419 g/mol. The summed E-state index contributed by atoms with van der Waals surface area (Å²) in [6.45, 7) is 5.01. The lowest BCUT2D eigenvalue weighted by atomic mass is 10.2. The number of hydrogen-bond donors (Lipinski definition) is 0. The van der Waals surface area contributed by atoms with E-state index in [1.165, 1.54) is 0 Å². The third-order valence-corrected chi connectivity index (χ3v) is 6.20. The molecule has 0 saturated carbocycles. The molecule has 0 spiro atoms. The fraction of sp³-hybridized carbons (Fsp3) is 0.250. The fourth-order valence-corrected chi connectivity index (χ4v) is 4.51. The summed E-state index contributed by atoms with van der Waals surface area (Å²) in [4.78, 5) is 19.0. The van der Waals surface area contributed by atoms with Crippen LogP contribution in [-0.4, -0.2) is 13.9 Å². The van der Waals surface area contributed by atoms with Crippen molar-refractivity contribution in [3.05, 3.63) is 86.9 Å². The molecular formula is C24H26N4OS. The van der Waals surface area contributed by atoms with Gasteiger partial charge in [0.15, 0.2) is 10.5 Å². The van der Waals surface area contributed by atoms with E-state index in [0.717, 1.165) is 46.8 Å². The molecule has 30 heavy (non-hydrogen) atoms. The van der Waals surface area contributed by atoms with Crippen molar-refractivity contribution in [2.24, 2.45) is 12.0 Å². The molecule has 0 saturated heterocycles. The molecule has 0 aliphatic heterocycles. The molecule has 0 aliphatic carbocycles. The highest BCUT2D eigenvalue weighted by molar-refractivity contribution is 7.07. The van der Waals surface area contributed by atoms with Crippen LogP contribution in [0.2, 0.25) is 0 Å². The van der Waals surface area contributed by atoms with Crippen molar-refractivity contribution >= 4 is 17.0 Å². The van der Waals surface area contributed by atoms with Gasteiger partial charge in [0.25, 0.3) is 5.56 Å². The van der Waals surface area contributed by atoms with Crippen molar-refractivity contribution < 1.29 is 0 Å². The van der Waals surface area contributed by atoms with Gasteiger partial charge in [-0.1, -0.05) is 61.9 Å². The van der Waals surface area contributed by atoms with Gasteiger partial charge in [0.05, 0.1) is 17.1 Å². The van der Waals surface area contributed by atoms with Crippen LogP contribution in [0.5, 0.6) is 0 Å². The summed E-state index contributed by atoms with van der Waals surface area (Å²) in [5, 5.41) is 2.14. The Bertz CT molecular complexity index is 1260. The van der Waals surface area contributed by atoms with Gasteiger partial charge in [0.2, 0.25) is 0 Å². The largest absolute Gasteiger partial charge is 0.316 e. The van der Waals surface area contributed by atoms with Crippen molar-refractivity contribution in [3.63, 3.8) is 0 Å². The summed E-state index contributed by atoms with van der Waals surface area (Å²) in [6, 6.07) is 20.0. The molecule has 0 amide bonds. The van der Waals surface area contributed by atoms with Crippen LogP contribution < -0.4 is 10.4 Å². The Hall–Kier alpha value is -3.12. The molecule has 2 aromatic heterocycles. The van der Waals surface area contributed by atoms with Crippen LogP contribution in [0, 0.1) is 6.92 Å². The molecular weight excluding hydrogens is 392 g/mol. The highest BCUT2D eigenvalue weighted by Crippen LogP contribution is 2.22. The summed E-state index contributed by atoms with van der Waals surface area (Å²) >= 11 is 1.58. The molecule has 5 nitrogen and oxygen atoms in total. The monoisotopic (exact) mass is 418 g/mol. The number of benzene rings is 2. The zero-order chi connectivity index (χ0) is 21.1. The maximum atomic E-state index is 13.3. The minimum atomic E-state index is -0.0992. The van der Waals surface area contributed by atoms with Gasteiger partial charge in [-0.2, -0.15) is 0 Å². The first-order valence-corrected chi connectivity index (χ1v) is 11.1. The van der Waals surface area contributed by atoms with Crippen molar-refractivity contribution in [1.29, 1.82) is 0 Å². The van der Waals surface area contributed by atoms with E-state index in [1.54, 1.807) is 16.0 Å². The second-order valence-corrected chi connectivity index (χ2v) is 8.13. The highest BCUT2D eigenvalue weighted by Gasteiger charge is 2.16. The van der Waals surface area contributed by atoms with Crippen LogP contribution in [0.15, 0.2) is 75.8 Å². The molecule has 2 aromatic carbocycles. The zero-order valence-electron chi connectivity index (χ0n) is 17.6. The molecule has 0 fully saturated rings. The van der Waals surface area contributed by atoms with E-state index < -0.39 is 0 Å². The Morgan fingerprint density at radius 3 is 2.33 bits per heavy atom. The summed E-state index contributed by atoms with van der Waals surface area (Å²) < 4.78 is 5.79. The van der Waals surface area contributed by atoms with Crippen LogP contribution in [0.4, 0.5) is 5.69 Å². The number of thiazole rings is 1. The number of nitrogens with zero attached hydrogens (tertiary/aromatic N) is 4. The number of hydrogen-bond acceptors (Lipinski definition) is 3. The van der Waals surface area contributed by atoms with Gasteiger partial charge in [-0.3, -0.25) is 9.48 Å². The minimum Gasteiger partial charge on any atom is -0.316 e. The third-order valence-electron chi connectivity index (χ3n) is 5.33. The fourth-order valence-electron chi connectivity index (χ4n) is 3.57. The molecule has 0 unspecified atom stereocenters. The normalized spacial score (nSPS) is 11.9. The predicted octanol–water partition coefficient (Wildman–Crippen LogP) is 5.05. The topological polar surface area (TPSA) is 44.2 Å². The number of unbranched alkanes of at least 4 members (excludes halogenated alkanes) is 1. The third kappa shape index (κ3) is 3.71. The van der Waals surface area contributed by atoms with Crippen molar-refractivity contribution in [2.45, 2.75) is 33.2 Å². The summed E-state index contributed by atoms with van der Waals surface area (Å²) in [7, 11) is 1.90. The van der Waals surface area contributed by atoms with Gasteiger partial charge in [0.1, 0.15) is 0 Å². The van der Waals surface area contributed by atoms with Crippen molar-refractivity contribution in [3.8, 4) is 16.9 Å². The Kier molecular flexibility index (Phi) is 5.86. The molecule has 4 aromatic rings. The van der Waals surface area contributed by atoms with Crippen LogP contribution in [0.3, 0.4) is 0 Å². The lowest BCUT2D eigenvalue weighted by Gasteiger charge is -2.08. The summed E-state index contributed by atoms with van der Waals surface area (Å²) in [5.41, 5.74) is 4.39. The Morgan fingerprint density at radius 1 is 1.00 bits per heavy atom. The quantitative estimate of drug-likeness (QED) is 0.432. The van der Waals surface area contributed by atoms with E-state index in [-0.39, 0.29) is 5.56 Å². The van der Waals surface area contributed by atoms with Gasteiger partial charge < -0.3 is 4.57 Å². The molecule has 0 atom stereocenters. The van der Waals surface area contributed by atoms with Crippen LogP contribution in [0.25, 0.3) is 16.9 Å². The smallest absolute Gasteiger partial charge is 0.297 e. The van der Waals surface area contributed by atoms with Crippen molar-refractivity contribution in [2.75, 3.05) is 0 Å². The summed E-state index contributed by atoms with van der Waals surface area (Å²) in [5.74, 6) is 0. The second-order valence-electron chi connectivity index (χ2n) is 7.30. The molecule has 6 heteroatoms. The number of aromatic nitrogens is 3.